The van der Waals surface area contributed by atoms with Crippen molar-refractivity contribution >= 4 is 10.0 Å². The molecule has 2 fully saturated rings. The molecule has 2 saturated heterocycles. The number of piperidine rings is 2. The molecule has 140 valence electrons. The van der Waals surface area contributed by atoms with E-state index in [1.165, 1.54) is 56.4 Å². The van der Waals surface area contributed by atoms with Gasteiger partial charge in [0.25, 0.3) is 0 Å². The first-order valence-electron chi connectivity index (χ1n) is 9.52. The van der Waals surface area contributed by atoms with Crippen molar-refractivity contribution in [3.05, 3.63) is 30.1 Å². The van der Waals surface area contributed by atoms with E-state index in [-0.39, 0.29) is 4.90 Å². The van der Waals surface area contributed by atoms with Crippen LogP contribution in [0.1, 0.15) is 44.9 Å². The molecule has 0 unspecified atom stereocenters. The Labute approximate surface area is 150 Å². The van der Waals surface area contributed by atoms with E-state index in [9.17, 15) is 12.8 Å². The van der Waals surface area contributed by atoms with Gasteiger partial charge < -0.3 is 5.32 Å². The third-order valence-electron chi connectivity index (χ3n) is 5.71. The van der Waals surface area contributed by atoms with Gasteiger partial charge in [-0.3, -0.25) is 0 Å². The van der Waals surface area contributed by atoms with Crippen LogP contribution in [0.5, 0.6) is 0 Å². The zero-order valence-corrected chi connectivity index (χ0v) is 15.6. The Kier molecular flexibility index (Phi) is 6.47. The quantitative estimate of drug-likeness (QED) is 0.837. The van der Waals surface area contributed by atoms with Crippen molar-refractivity contribution in [2.75, 3.05) is 26.2 Å². The van der Waals surface area contributed by atoms with Crippen molar-refractivity contribution in [1.29, 1.82) is 0 Å². The molecule has 4 nitrogen and oxygen atoms in total. The van der Waals surface area contributed by atoms with E-state index >= 15 is 0 Å². The first-order valence-corrected chi connectivity index (χ1v) is 11.0. The minimum absolute atomic E-state index is 0.193. The van der Waals surface area contributed by atoms with Crippen molar-refractivity contribution in [2.24, 2.45) is 11.8 Å². The number of nitrogens with one attached hydrogen (secondary N) is 1. The molecule has 0 atom stereocenters. The van der Waals surface area contributed by atoms with Gasteiger partial charge >= 0.3 is 0 Å². The van der Waals surface area contributed by atoms with Gasteiger partial charge in [-0.05, 0) is 74.9 Å². The second-order valence-corrected chi connectivity index (χ2v) is 9.36. The minimum Gasteiger partial charge on any atom is -0.317 e. The van der Waals surface area contributed by atoms with Gasteiger partial charge in [0, 0.05) is 13.1 Å². The number of rotatable bonds is 6. The van der Waals surface area contributed by atoms with Crippen LogP contribution in [0.25, 0.3) is 0 Å². The Morgan fingerprint density at radius 2 is 1.52 bits per heavy atom. The summed E-state index contributed by atoms with van der Waals surface area (Å²) in [7, 11) is -3.48. The van der Waals surface area contributed by atoms with Crippen LogP contribution in [-0.4, -0.2) is 38.9 Å². The molecule has 1 aromatic rings. The highest BCUT2D eigenvalue weighted by molar-refractivity contribution is 7.89. The van der Waals surface area contributed by atoms with E-state index in [2.05, 4.69) is 5.32 Å². The van der Waals surface area contributed by atoms with Crippen molar-refractivity contribution in [1.82, 2.24) is 9.62 Å². The number of nitrogens with zero attached hydrogens (tertiary/aromatic N) is 1. The van der Waals surface area contributed by atoms with Gasteiger partial charge in [0.15, 0.2) is 0 Å². The smallest absolute Gasteiger partial charge is 0.243 e. The molecule has 1 aromatic carbocycles. The lowest BCUT2D eigenvalue weighted by molar-refractivity contribution is 0.250. The Balaban J connectivity index is 1.44. The predicted molar refractivity (Wildman–Crippen MR) is 97.3 cm³/mol. The number of hydrogen-bond acceptors (Lipinski definition) is 3. The summed E-state index contributed by atoms with van der Waals surface area (Å²) in [5.74, 6) is 1.10. The molecule has 1 N–H and O–H groups in total. The maximum absolute atomic E-state index is 13.0. The Hall–Kier alpha value is -0.980. The van der Waals surface area contributed by atoms with Gasteiger partial charge in [-0.1, -0.05) is 19.3 Å². The van der Waals surface area contributed by atoms with E-state index in [1.54, 1.807) is 4.31 Å². The van der Waals surface area contributed by atoms with Crippen LogP contribution < -0.4 is 5.32 Å². The normalized spacial score (nSPS) is 21.5. The summed E-state index contributed by atoms with van der Waals surface area (Å²) in [4.78, 5) is 0.193. The Morgan fingerprint density at radius 1 is 0.960 bits per heavy atom. The lowest BCUT2D eigenvalue weighted by Gasteiger charge is -2.31. The molecule has 0 aromatic heterocycles. The molecule has 2 aliphatic heterocycles. The van der Waals surface area contributed by atoms with Crippen molar-refractivity contribution in [3.8, 4) is 0 Å². The van der Waals surface area contributed by atoms with Gasteiger partial charge in [0.1, 0.15) is 5.82 Å². The molecule has 6 heteroatoms. The van der Waals surface area contributed by atoms with Gasteiger partial charge in [0.05, 0.1) is 4.90 Å². The van der Waals surface area contributed by atoms with Crippen molar-refractivity contribution in [3.63, 3.8) is 0 Å². The number of sulfonamides is 1. The van der Waals surface area contributed by atoms with Gasteiger partial charge in [0.2, 0.25) is 10.0 Å². The lowest BCUT2D eigenvalue weighted by atomic mass is 9.87. The summed E-state index contributed by atoms with van der Waals surface area (Å²) in [6.07, 6.45) is 8.27. The zero-order valence-electron chi connectivity index (χ0n) is 14.8. The molecular formula is C19H29FN2O2S. The molecule has 2 aliphatic rings. The molecule has 0 amide bonds. The van der Waals surface area contributed by atoms with Gasteiger partial charge in [-0.15, -0.1) is 0 Å². The van der Waals surface area contributed by atoms with E-state index in [1.807, 2.05) is 0 Å². The summed E-state index contributed by atoms with van der Waals surface area (Å²) < 4.78 is 39.8. The average molecular weight is 369 g/mol. The molecule has 0 spiro atoms. The van der Waals surface area contributed by atoms with Gasteiger partial charge in [-0.25, -0.2) is 12.8 Å². The molecule has 0 bridgehead atoms. The van der Waals surface area contributed by atoms with E-state index < -0.39 is 15.8 Å². The highest BCUT2D eigenvalue weighted by Crippen LogP contribution is 2.28. The lowest BCUT2D eigenvalue weighted by Crippen LogP contribution is -2.38. The number of hydrogen-bond donors (Lipinski definition) is 1. The standard InChI is InChI=1S/C19H29FN2O2S/c20-18-4-6-19(7-5-18)25(23,24)22-14-10-17(11-15-22)3-1-2-16-8-12-21-13-9-16/h4-7,16-17,21H,1-3,8-15H2. The SMILES string of the molecule is O=S(=O)(c1ccc(F)cc1)N1CCC(CCCC2CCNCC2)CC1. The first kappa shape index (κ1) is 18.8. The van der Waals surface area contributed by atoms with Crippen LogP contribution in [-0.2, 0) is 10.0 Å². The van der Waals surface area contributed by atoms with Crippen LogP contribution in [0.3, 0.4) is 0 Å². The van der Waals surface area contributed by atoms with Crippen LogP contribution in [0.4, 0.5) is 4.39 Å². The summed E-state index contributed by atoms with van der Waals surface area (Å²) in [5, 5.41) is 3.41. The van der Waals surface area contributed by atoms with Gasteiger partial charge in [-0.2, -0.15) is 4.31 Å². The molecule has 0 aliphatic carbocycles. The second-order valence-electron chi connectivity index (χ2n) is 7.43. The molecule has 25 heavy (non-hydrogen) atoms. The first-order chi connectivity index (χ1) is 12.1. The number of halogens is 1. The molecule has 0 radical (unpaired) electrons. The van der Waals surface area contributed by atoms with Crippen LogP contribution >= 0.6 is 0 Å². The van der Waals surface area contributed by atoms with E-state index in [0.29, 0.717) is 19.0 Å². The van der Waals surface area contributed by atoms with Crippen LogP contribution in [0, 0.1) is 17.7 Å². The summed E-state index contributed by atoms with van der Waals surface area (Å²) in [5.41, 5.74) is 0. The fourth-order valence-corrected chi connectivity index (χ4v) is 5.53. The zero-order chi connectivity index (χ0) is 17.7. The fourth-order valence-electron chi connectivity index (χ4n) is 4.06. The monoisotopic (exact) mass is 368 g/mol. The van der Waals surface area contributed by atoms with Crippen molar-refractivity contribution < 1.29 is 12.8 Å². The fraction of sp³-hybridized carbons (Fsp3) is 0.684. The van der Waals surface area contributed by atoms with Crippen LogP contribution in [0.15, 0.2) is 29.2 Å². The Bertz CT molecular complexity index is 634. The highest BCUT2D eigenvalue weighted by Gasteiger charge is 2.29. The predicted octanol–water partition coefficient (Wildman–Crippen LogP) is 3.40. The van der Waals surface area contributed by atoms with E-state index in [4.69, 9.17) is 0 Å². The van der Waals surface area contributed by atoms with Crippen molar-refractivity contribution in [2.45, 2.75) is 49.8 Å². The number of benzene rings is 1. The summed E-state index contributed by atoms with van der Waals surface area (Å²) >= 11 is 0. The maximum Gasteiger partial charge on any atom is 0.243 e. The average Bonchev–Trinajstić information content (AvgIpc) is 2.63. The van der Waals surface area contributed by atoms with Crippen LogP contribution in [0.2, 0.25) is 0 Å². The molecule has 3 rings (SSSR count). The highest BCUT2D eigenvalue weighted by atomic mass is 32.2. The molecule has 2 heterocycles. The summed E-state index contributed by atoms with van der Waals surface area (Å²) in [6, 6.07) is 5.13. The molecule has 0 saturated carbocycles. The summed E-state index contributed by atoms with van der Waals surface area (Å²) in [6.45, 7) is 3.48. The Morgan fingerprint density at radius 3 is 2.12 bits per heavy atom. The second kappa shape index (κ2) is 8.60. The largest absolute Gasteiger partial charge is 0.317 e. The topological polar surface area (TPSA) is 49.4 Å². The maximum atomic E-state index is 13.0. The third-order valence-corrected chi connectivity index (χ3v) is 7.62. The minimum atomic E-state index is -3.48. The van der Waals surface area contributed by atoms with E-state index in [0.717, 1.165) is 31.8 Å². The molecular weight excluding hydrogens is 339 g/mol. The third kappa shape index (κ3) is 5.02.